The molecule has 0 bridgehead atoms. The third-order valence-electron chi connectivity index (χ3n) is 6.29. The summed E-state index contributed by atoms with van der Waals surface area (Å²) >= 11 is 0. The van der Waals surface area contributed by atoms with Gasteiger partial charge in [0.25, 0.3) is 0 Å². The summed E-state index contributed by atoms with van der Waals surface area (Å²) in [6.45, 7) is 12.2. The van der Waals surface area contributed by atoms with Crippen LogP contribution in [0.4, 0.5) is 4.39 Å². The van der Waals surface area contributed by atoms with Crippen LogP contribution in [-0.2, 0) is 4.79 Å². The van der Waals surface area contributed by atoms with Crippen LogP contribution in [0.5, 0.6) is 5.75 Å². The molecule has 0 spiro atoms. The number of benzene rings is 1. The molecule has 3 nitrogen and oxygen atoms in total. The van der Waals surface area contributed by atoms with E-state index in [9.17, 15) is 9.18 Å². The third-order valence-corrected chi connectivity index (χ3v) is 6.29. The highest BCUT2D eigenvalue weighted by atomic mass is 19.1. The molecular weight excluding hydrogens is 365 g/mol. The number of halogens is 1. The van der Waals surface area contributed by atoms with E-state index in [1.165, 1.54) is 38.5 Å². The van der Waals surface area contributed by atoms with E-state index in [2.05, 4.69) is 18.4 Å². The van der Waals surface area contributed by atoms with Crippen LogP contribution in [0.15, 0.2) is 30.4 Å². The zero-order valence-corrected chi connectivity index (χ0v) is 18.5. The molecule has 1 aliphatic carbocycles. The van der Waals surface area contributed by atoms with Crippen molar-refractivity contribution in [1.29, 1.82) is 0 Å². The molecule has 0 saturated heterocycles. The average Bonchev–Trinajstić information content (AvgIpc) is 2.73. The van der Waals surface area contributed by atoms with Crippen molar-refractivity contribution in [2.24, 2.45) is 5.92 Å². The molecule has 0 atom stereocenters. The summed E-state index contributed by atoms with van der Waals surface area (Å²) in [5.74, 6) is 0.217. The smallest absolute Gasteiger partial charge is 0.340 e. The van der Waals surface area contributed by atoms with E-state index in [1.807, 2.05) is 19.9 Å². The zero-order valence-electron chi connectivity index (χ0n) is 18.5. The summed E-state index contributed by atoms with van der Waals surface area (Å²) in [5.41, 5.74) is 1.37. The predicted octanol–water partition coefficient (Wildman–Crippen LogP) is 6.48. The Morgan fingerprint density at radius 2 is 1.83 bits per heavy atom. The topological polar surface area (TPSA) is 29.5 Å². The predicted molar refractivity (Wildman–Crippen MR) is 118 cm³/mol. The van der Waals surface area contributed by atoms with Gasteiger partial charge in [-0.2, -0.15) is 0 Å². The Hall–Kier alpha value is -1.68. The minimum Gasteiger partial charge on any atom is -0.420 e. The first kappa shape index (κ1) is 23.6. The largest absolute Gasteiger partial charge is 0.420 e. The van der Waals surface area contributed by atoms with Gasteiger partial charge in [-0.25, -0.2) is 9.18 Å². The van der Waals surface area contributed by atoms with E-state index in [-0.39, 0.29) is 5.75 Å². The van der Waals surface area contributed by atoms with Gasteiger partial charge in [0, 0.05) is 12.1 Å². The van der Waals surface area contributed by atoms with E-state index in [4.69, 9.17) is 4.74 Å². The van der Waals surface area contributed by atoms with Gasteiger partial charge in [0.1, 0.15) is 0 Å². The summed E-state index contributed by atoms with van der Waals surface area (Å²) in [4.78, 5) is 14.3. The summed E-state index contributed by atoms with van der Waals surface area (Å²) in [6, 6.07) is 5.07. The molecular formula is C25H38FNO2. The standard InChI is InChI=1S/C25H38FNO2/c1-5-8-9-10-20-11-13-21(14-12-20)22-15-16-24(23(26)17-22)29-25(28)19(4)18-27(6-2)7-3/h15-17,20-21H,4-14,18H2,1-3H3. The molecule has 0 aromatic heterocycles. The monoisotopic (exact) mass is 403 g/mol. The quantitative estimate of drug-likeness (QED) is 0.183. The van der Waals surface area contributed by atoms with E-state index in [0.29, 0.717) is 18.0 Å². The second-order valence-corrected chi connectivity index (χ2v) is 8.36. The van der Waals surface area contributed by atoms with Crippen LogP contribution >= 0.6 is 0 Å². The normalized spacial score (nSPS) is 19.3. The summed E-state index contributed by atoms with van der Waals surface area (Å²) in [6.07, 6.45) is 9.98. The maximum atomic E-state index is 14.6. The third kappa shape index (κ3) is 7.26. The molecule has 29 heavy (non-hydrogen) atoms. The van der Waals surface area contributed by atoms with Gasteiger partial charge in [0.2, 0.25) is 0 Å². The molecule has 4 heteroatoms. The Kier molecular flexibility index (Phi) is 9.86. The van der Waals surface area contributed by atoms with Gasteiger partial charge in [0.15, 0.2) is 11.6 Å². The van der Waals surface area contributed by atoms with Crippen LogP contribution < -0.4 is 4.74 Å². The van der Waals surface area contributed by atoms with Crippen molar-refractivity contribution in [2.45, 2.75) is 78.1 Å². The Bertz CT molecular complexity index is 661. The van der Waals surface area contributed by atoms with Crippen LogP contribution in [0.3, 0.4) is 0 Å². The number of unbranched alkanes of at least 4 members (excludes halogenated alkanes) is 2. The van der Waals surface area contributed by atoms with Crippen molar-refractivity contribution in [2.75, 3.05) is 19.6 Å². The van der Waals surface area contributed by atoms with Crippen molar-refractivity contribution < 1.29 is 13.9 Å². The Morgan fingerprint density at radius 3 is 2.41 bits per heavy atom. The van der Waals surface area contributed by atoms with Gasteiger partial charge in [-0.1, -0.05) is 59.1 Å². The van der Waals surface area contributed by atoms with Crippen molar-refractivity contribution in [3.05, 3.63) is 41.7 Å². The van der Waals surface area contributed by atoms with Gasteiger partial charge in [-0.05, 0) is 68.3 Å². The fourth-order valence-electron chi connectivity index (χ4n) is 4.27. The molecule has 1 aromatic rings. The first-order valence-corrected chi connectivity index (χ1v) is 11.4. The number of esters is 1. The van der Waals surface area contributed by atoms with Gasteiger partial charge in [0.05, 0.1) is 0 Å². The Morgan fingerprint density at radius 1 is 1.14 bits per heavy atom. The SMILES string of the molecule is C=C(CN(CC)CC)C(=O)Oc1ccc(C2CCC(CCCCC)CC2)cc1F. The molecule has 1 aromatic carbocycles. The fourth-order valence-corrected chi connectivity index (χ4v) is 4.27. The number of nitrogens with zero attached hydrogens (tertiary/aromatic N) is 1. The number of ether oxygens (including phenoxy) is 1. The molecule has 1 aliphatic rings. The average molecular weight is 404 g/mol. The summed E-state index contributed by atoms with van der Waals surface area (Å²) < 4.78 is 19.9. The summed E-state index contributed by atoms with van der Waals surface area (Å²) in [7, 11) is 0. The minimum absolute atomic E-state index is 0.00676. The lowest BCUT2D eigenvalue weighted by molar-refractivity contribution is -0.130. The van der Waals surface area contributed by atoms with Gasteiger partial charge in [-0.3, -0.25) is 4.90 Å². The van der Waals surface area contributed by atoms with Crippen molar-refractivity contribution in [3.63, 3.8) is 0 Å². The maximum Gasteiger partial charge on any atom is 0.340 e. The lowest BCUT2D eigenvalue weighted by atomic mass is 9.77. The molecule has 1 saturated carbocycles. The highest BCUT2D eigenvalue weighted by Crippen LogP contribution is 2.38. The second kappa shape index (κ2) is 12.1. The van der Waals surface area contributed by atoms with Crippen LogP contribution in [0.1, 0.15) is 83.6 Å². The Balaban J connectivity index is 1.88. The van der Waals surface area contributed by atoms with Crippen LogP contribution in [-0.4, -0.2) is 30.5 Å². The van der Waals surface area contributed by atoms with Gasteiger partial charge >= 0.3 is 5.97 Å². The highest BCUT2D eigenvalue weighted by molar-refractivity contribution is 5.89. The van der Waals surface area contributed by atoms with Crippen molar-refractivity contribution in [1.82, 2.24) is 4.90 Å². The van der Waals surface area contributed by atoms with E-state index >= 15 is 0 Å². The van der Waals surface area contributed by atoms with E-state index in [0.717, 1.165) is 37.4 Å². The molecule has 0 heterocycles. The van der Waals surface area contributed by atoms with Crippen LogP contribution in [0.2, 0.25) is 0 Å². The molecule has 0 N–H and O–H groups in total. The van der Waals surface area contributed by atoms with E-state index < -0.39 is 11.8 Å². The first-order chi connectivity index (χ1) is 14.0. The lowest BCUT2D eigenvalue weighted by Crippen LogP contribution is -2.28. The lowest BCUT2D eigenvalue weighted by Gasteiger charge is -2.29. The number of carbonyl (C=O) groups is 1. The maximum absolute atomic E-state index is 14.6. The number of likely N-dealkylation sites (N-methyl/N-ethyl adjacent to an activating group) is 1. The number of hydrogen-bond acceptors (Lipinski definition) is 3. The van der Waals surface area contributed by atoms with Gasteiger partial charge < -0.3 is 4.74 Å². The summed E-state index contributed by atoms with van der Waals surface area (Å²) in [5, 5.41) is 0. The van der Waals surface area contributed by atoms with Crippen molar-refractivity contribution >= 4 is 5.97 Å². The fraction of sp³-hybridized carbons (Fsp3) is 0.640. The molecule has 0 radical (unpaired) electrons. The minimum atomic E-state index is -0.559. The highest BCUT2D eigenvalue weighted by Gasteiger charge is 2.23. The second-order valence-electron chi connectivity index (χ2n) is 8.36. The number of carbonyl (C=O) groups excluding carboxylic acids is 1. The number of hydrogen-bond donors (Lipinski definition) is 0. The molecule has 0 unspecified atom stereocenters. The Labute approximate surface area is 176 Å². The molecule has 1 fully saturated rings. The molecule has 0 amide bonds. The molecule has 0 aliphatic heterocycles. The van der Waals surface area contributed by atoms with Crippen LogP contribution in [0, 0.1) is 11.7 Å². The number of rotatable bonds is 11. The van der Waals surface area contributed by atoms with Gasteiger partial charge in [-0.15, -0.1) is 0 Å². The molecule has 2 rings (SSSR count). The molecule has 162 valence electrons. The van der Waals surface area contributed by atoms with Crippen LogP contribution in [0.25, 0.3) is 0 Å². The van der Waals surface area contributed by atoms with Crippen molar-refractivity contribution in [3.8, 4) is 5.75 Å². The zero-order chi connectivity index (χ0) is 21.2. The first-order valence-electron chi connectivity index (χ1n) is 11.4. The van der Waals surface area contributed by atoms with E-state index in [1.54, 1.807) is 12.1 Å².